The summed E-state index contributed by atoms with van der Waals surface area (Å²) in [6.07, 6.45) is 5.70. The van der Waals surface area contributed by atoms with Gasteiger partial charge in [-0.1, -0.05) is 22.0 Å². The van der Waals surface area contributed by atoms with Crippen molar-refractivity contribution >= 4 is 33.2 Å². The molecule has 0 unspecified atom stereocenters. The Morgan fingerprint density at radius 2 is 2.05 bits per heavy atom. The predicted octanol–water partition coefficient (Wildman–Crippen LogP) is 3.67. The lowest BCUT2D eigenvalue weighted by atomic mass is 10.2. The van der Waals surface area contributed by atoms with Crippen LogP contribution in [0.3, 0.4) is 0 Å². The molecule has 0 saturated heterocycles. The highest BCUT2D eigenvalue weighted by molar-refractivity contribution is 9.10. The fraction of sp³-hybridized carbons (Fsp3) is 0.200. The van der Waals surface area contributed by atoms with Gasteiger partial charge in [0.2, 0.25) is 0 Å². The van der Waals surface area contributed by atoms with Crippen molar-refractivity contribution in [3.63, 3.8) is 0 Å². The summed E-state index contributed by atoms with van der Waals surface area (Å²) in [5, 5.41) is 6.19. The van der Waals surface area contributed by atoms with Crippen molar-refractivity contribution in [2.45, 2.75) is 18.9 Å². The molecular weight excluding hydrogens is 318 g/mol. The van der Waals surface area contributed by atoms with Gasteiger partial charge in [-0.05, 0) is 37.1 Å². The Balaban J connectivity index is 1.72. The molecule has 1 aromatic heterocycles. The molecule has 2 aromatic rings. The summed E-state index contributed by atoms with van der Waals surface area (Å²) in [4.78, 5) is 16.3. The lowest BCUT2D eigenvalue weighted by Crippen LogP contribution is -2.13. The number of pyridine rings is 1. The number of carbonyl (C=O) groups excluding carboxylic acids is 1. The minimum Gasteiger partial charge on any atom is -0.381 e. The van der Waals surface area contributed by atoms with Crippen LogP contribution < -0.4 is 10.6 Å². The van der Waals surface area contributed by atoms with Crippen molar-refractivity contribution in [2.24, 2.45) is 0 Å². The summed E-state index contributed by atoms with van der Waals surface area (Å²) in [5.74, 6) is -0.157. The monoisotopic (exact) mass is 331 g/mol. The highest BCUT2D eigenvalue weighted by Crippen LogP contribution is 2.24. The standard InChI is InChI=1S/C15H14BrN3O/c16-11-2-1-3-13(7-11)19-15(20)10-6-14(9-17-8-10)18-12-4-5-12/h1-3,6-9,12,18H,4-5H2,(H,19,20). The number of amides is 1. The van der Waals surface area contributed by atoms with Crippen LogP contribution in [-0.4, -0.2) is 16.9 Å². The maximum atomic E-state index is 12.2. The van der Waals surface area contributed by atoms with Crippen LogP contribution in [0.1, 0.15) is 23.2 Å². The van der Waals surface area contributed by atoms with Crippen LogP contribution in [0, 0.1) is 0 Å². The average Bonchev–Trinajstić information content (AvgIpc) is 3.23. The van der Waals surface area contributed by atoms with Crippen molar-refractivity contribution in [3.8, 4) is 0 Å². The van der Waals surface area contributed by atoms with Crippen molar-refractivity contribution in [2.75, 3.05) is 10.6 Å². The van der Waals surface area contributed by atoms with E-state index in [4.69, 9.17) is 0 Å². The first-order valence-electron chi connectivity index (χ1n) is 6.49. The van der Waals surface area contributed by atoms with E-state index in [0.717, 1.165) is 15.8 Å². The summed E-state index contributed by atoms with van der Waals surface area (Å²) in [6.45, 7) is 0. The van der Waals surface area contributed by atoms with Gasteiger partial charge in [-0.25, -0.2) is 0 Å². The fourth-order valence-electron chi connectivity index (χ4n) is 1.88. The third kappa shape index (κ3) is 3.36. The van der Waals surface area contributed by atoms with Crippen LogP contribution >= 0.6 is 15.9 Å². The van der Waals surface area contributed by atoms with Crippen molar-refractivity contribution in [1.29, 1.82) is 0 Å². The summed E-state index contributed by atoms with van der Waals surface area (Å²) in [5.41, 5.74) is 2.20. The number of rotatable bonds is 4. The number of benzene rings is 1. The number of hydrogen-bond acceptors (Lipinski definition) is 3. The van der Waals surface area contributed by atoms with Gasteiger partial charge in [0.05, 0.1) is 11.3 Å². The minimum atomic E-state index is -0.157. The Bertz CT molecular complexity index is 641. The van der Waals surface area contributed by atoms with E-state index in [1.807, 2.05) is 30.3 Å². The Morgan fingerprint density at radius 3 is 2.80 bits per heavy atom. The lowest BCUT2D eigenvalue weighted by Gasteiger charge is -2.08. The number of nitrogens with zero attached hydrogens (tertiary/aromatic N) is 1. The van der Waals surface area contributed by atoms with Gasteiger partial charge in [-0.3, -0.25) is 9.78 Å². The van der Waals surface area contributed by atoms with Gasteiger partial charge in [-0.2, -0.15) is 0 Å². The van der Waals surface area contributed by atoms with Crippen LogP contribution in [0.4, 0.5) is 11.4 Å². The zero-order chi connectivity index (χ0) is 13.9. The smallest absolute Gasteiger partial charge is 0.257 e. The molecule has 102 valence electrons. The molecule has 0 atom stereocenters. The molecule has 4 nitrogen and oxygen atoms in total. The Hall–Kier alpha value is -1.88. The number of aromatic nitrogens is 1. The van der Waals surface area contributed by atoms with Gasteiger partial charge < -0.3 is 10.6 Å². The molecule has 20 heavy (non-hydrogen) atoms. The van der Waals surface area contributed by atoms with Crippen LogP contribution in [-0.2, 0) is 0 Å². The molecule has 5 heteroatoms. The molecule has 1 amide bonds. The van der Waals surface area contributed by atoms with Crippen molar-refractivity contribution < 1.29 is 4.79 Å². The van der Waals surface area contributed by atoms with E-state index in [0.29, 0.717) is 11.6 Å². The highest BCUT2D eigenvalue weighted by Gasteiger charge is 2.21. The van der Waals surface area contributed by atoms with Crippen molar-refractivity contribution in [3.05, 3.63) is 52.8 Å². The first kappa shape index (κ1) is 13.1. The summed E-state index contributed by atoms with van der Waals surface area (Å²) >= 11 is 3.38. The van der Waals surface area contributed by atoms with E-state index in [2.05, 4.69) is 31.5 Å². The third-order valence-corrected chi connectivity index (χ3v) is 3.52. The molecule has 2 N–H and O–H groups in total. The molecule has 0 aliphatic heterocycles. The van der Waals surface area contributed by atoms with E-state index in [1.165, 1.54) is 12.8 Å². The van der Waals surface area contributed by atoms with Gasteiger partial charge in [0, 0.05) is 28.6 Å². The molecule has 3 rings (SSSR count). The van der Waals surface area contributed by atoms with Gasteiger partial charge in [0.15, 0.2) is 0 Å². The zero-order valence-corrected chi connectivity index (χ0v) is 12.4. The summed E-state index contributed by atoms with van der Waals surface area (Å²) in [6, 6.07) is 9.87. The Labute approximate surface area is 125 Å². The van der Waals surface area contributed by atoms with Crippen molar-refractivity contribution in [1.82, 2.24) is 4.98 Å². The molecule has 1 fully saturated rings. The second-order valence-electron chi connectivity index (χ2n) is 4.85. The second kappa shape index (κ2) is 5.63. The number of halogens is 1. The maximum absolute atomic E-state index is 12.2. The third-order valence-electron chi connectivity index (χ3n) is 3.03. The number of carbonyl (C=O) groups is 1. The number of hydrogen-bond donors (Lipinski definition) is 2. The SMILES string of the molecule is O=C(Nc1cccc(Br)c1)c1cncc(NC2CC2)c1. The molecule has 1 aliphatic carbocycles. The first-order valence-corrected chi connectivity index (χ1v) is 7.28. The van der Waals surface area contributed by atoms with Crippen LogP contribution in [0.25, 0.3) is 0 Å². The van der Waals surface area contributed by atoms with E-state index >= 15 is 0 Å². The fourth-order valence-corrected chi connectivity index (χ4v) is 2.28. The molecule has 1 aliphatic rings. The maximum Gasteiger partial charge on any atom is 0.257 e. The molecule has 1 aromatic carbocycles. The van der Waals surface area contributed by atoms with E-state index < -0.39 is 0 Å². The minimum absolute atomic E-state index is 0.157. The highest BCUT2D eigenvalue weighted by atomic mass is 79.9. The Morgan fingerprint density at radius 1 is 1.20 bits per heavy atom. The van der Waals surface area contributed by atoms with Gasteiger partial charge in [0.25, 0.3) is 5.91 Å². The Kier molecular flexibility index (Phi) is 3.69. The van der Waals surface area contributed by atoms with Crippen LogP contribution in [0.5, 0.6) is 0 Å². The first-order chi connectivity index (χ1) is 9.70. The molecular formula is C15H14BrN3O. The molecule has 0 bridgehead atoms. The number of nitrogens with one attached hydrogen (secondary N) is 2. The quantitative estimate of drug-likeness (QED) is 0.898. The average molecular weight is 332 g/mol. The largest absolute Gasteiger partial charge is 0.381 e. The molecule has 0 radical (unpaired) electrons. The normalized spacial score (nSPS) is 13.8. The van der Waals surface area contributed by atoms with Gasteiger partial charge in [0.1, 0.15) is 0 Å². The predicted molar refractivity (Wildman–Crippen MR) is 83.0 cm³/mol. The molecule has 1 heterocycles. The molecule has 1 saturated carbocycles. The van der Waals surface area contributed by atoms with E-state index in [9.17, 15) is 4.79 Å². The van der Waals surface area contributed by atoms with Crippen LogP contribution in [0.15, 0.2) is 47.2 Å². The van der Waals surface area contributed by atoms with E-state index in [1.54, 1.807) is 12.4 Å². The molecule has 0 spiro atoms. The topological polar surface area (TPSA) is 54.0 Å². The zero-order valence-electron chi connectivity index (χ0n) is 10.8. The van der Waals surface area contributed by atoms with E-state index in [-0.39, 0.29) is 5.91 Å². The van der Waals surface area contributed by atoms with Gasteiger partial charge in [-0.15, -0.1) is 0 Å². The summed E-state index contributed by atoms with van der Waals surface area (Å²) in [7, 11) is 0. The lowest BCUT2D eigenvalue weighted by molar-refractivity contribution is 0.102. The number of anilines is 2. The van der Waals surface area contributed by atoms with Gasteiger partial charge >= 0.3 is 0 Å². The summed E-state index contributed by atoms with van der Waals surface area (Å²) < 4.78 is 0.928. The van der Waals surface area contributed by atoms with Crippen LogP contribution in [0.2, 0.25) is 0 Å². The second-order valence-corrected chi connectivity index (χ2v) is 5.76.